The van der Waals surface area contributed by atoms with Crippen LogP contribution in [0.25, 0.3) is 0 Å². The molecule has 1 atom stereocenters. The van der Waals surface area contributed by atoms with E-state index in [9.17, 15) is 16.8 Å². The summed E-state index contributed by atoms with van der Waals surface area (Å²) in [5, 5.41) is 8.06. The van der Waals surface area contributed by atoms with Crippen molar-refractivity contribution in [2.45, 2.75) is 23.8 Å². The summed E-state index contributed by atoms with van der Waals surface area (Å²) in [6.07, 6.45) is 1.34. The van der Waals surface area contributed by atoms with Crippen molar-refractivity contribution in [2.24, 2.45) is 5.14 Å². The number of nitrogens with one attached hydrogen (secondary N) is 1. The Morgan fingerprint density at radius 1 is 1.30 bits per heavy atom. The minimum Gasteiger partial charge on any atom is -0.397 e. The molecule has 1 aromatic carbocycles. The third-order valence-electron chi connectivity index (χ3n) is 3.17. The quantitative estimate of drug-likeness (QED) is 0.667. The van der Waals surface area contributed by atoms with Gasteiger partial charge in [0.25, 0.3) is 0 Å². The van der Waals surface area contributed by atoms with Crippen LogP contribution in [0.2, 0.25) is 0 Å². The molecule has 0 aromatic heterocycles. The van der Waals surface area contributed by atoms with Crippen molar-refractivity contribution in [3.05, 3.63) is 18.2 Å². The highest BCUT2D eigenvalue weighted by atomic mass is 32.2. The molecule has 0 saturated carbocycles. The van der Waals surface area contributed by atoms with Gasteiger partial charge in [0.05, 0.1) is 27.8 Å². The fourth-order valence-corrected chi connectivity index (χ4v) is 4.39. The Morgan fingerprint density at radius 3 is 2.55 bits per heavy atom. The van der Waals surface area contributed by atoms with Crippen LogP contribution in [0.5, 0.6) is 0 Å². The molecule has 5 N–H and O–H groups in total. The molecular formula is C11H17N3O4S2. The molecular weight excluding hydrogens is 302 g/mol. The van der Waals surface area contributed by atoms with Crippen LogP contribution in [0.15, 0.2) is 23.1 Å². The number of hydrogen-bond acceptors (Lipinski definition) is 6. The molecule has 1 fully saturated rings. The molecule has 1 unspecified atom stereocenters. The molecule has 1 heterocycles. The lowest BCUT2D eigenvalue weighted by Gasteiger charge is -2.24. The Kier molecular flexibility index (Phi) is 3.94. The van der Waals surface area contributed by atoms with Crippen molar-refractivity contribution in [3.63, 3.8) is 0 Å². The first-order valence-electron chi connectivity index (χ1n) is 6.07. The number of primary sulfonamides is 1. The summed E-state index contributed by atoms with van der Waals surface area (Å²) >= 11 is 0. The van der Waals surface area contributed by atoms with E-state index in [1.54, 1.807) is 0 Å². The Morgan fingerprint density at radius 2 is 2.00 bits per heavy atom. The predicted octanol–water partition coefficient (Wildman–Crippen LogP) is -0.0947. The lowest BCUT2D eigenvalue weighted by atomic mass is 10.1. The van der Waals surface area contributed by atoms with Crippen molar-refractivity contribution >= 4 is 31.2 Å². The van der Waals surface area contributed by atoms with Crippen molar-refractivity contribution in [1.82, 2.24) is 0 Å². The number of sulfonamides is 1. The maximum Gasteiger partial charge on any atom is 0.238 e. The van der Waals surface area contributed by atoms with Gasteiger partial charge in [-0.1, -0.05) is 0 Å². The lowest BCUT2D eigenvalue weighted by Crippen LogP contribution is -2.35. The van der Waals surface area contributed by atoms with Crippen molar-refractivity contribution < 1.29 is 16.8 Å². The summed E-state index contributed by atoms with van der Waals surface area (Å²) in [6, 6.07) is 3.88. The maximum atomic E-state index is 11.6. The molecule has 0 amide bonds. The molecule has 1 aromatic rings. The highest BCUT2D eigenvalue weighted by molar-refractivity contribution is 7.91. The average molecular weight is 319 g/mol. The van der Waals surface area contributed by atoms with E-state index in [2.05, 4.69) is 5.32 Å². The molecule has 20 heavy (non-hydrogen) atoms. The number of hydrogen-bond donors (Lipinski definition) is 3. The number of nitrogens with two attached hydrogens (primary N) is 2. The van der Waals surface area contributed by atoms with Gasteiger partial charge < -0.3 is 11.1 Å². The molecule has 112 valence electrons. The first-order chi connectivity index (χ1) is 9.17. The van der Waals surface area contributed by atoms with Crippen LogP contribution in [0, 0.1) is 0 Å². The van der Waals surface area contributed by atoms with Gasteiger partial charge in [-0.2, -0.15) is 0 Å². The molecule has 7 nitrogen and oxygen atoms in total. The van der Waals surface area contributed by atoms with E-state index in [1.807, 2.05) is 0 Å². The molecule has 9 heteroatoms. The van der Waals surface area contributed by atoms with E-state index in [-0.39, 0.29) is 28.1 Å². The van der Waals surface area contributed by atoms with Crippen molar-refractivity contribution in [1.29, 1.82) is 0 Å². The first kappa shape index (κ1) is 15.1. The monoisotopic (exact) mass is 319 g/mol. The van der Waals surface area contributed by atoms with Gasteiger partial charge >= 0.3 is 0 Å². The summed E-state index contributed by atoms with van der Waals surface area (Å²) in [5.74, 6) is 0.272. The van der Waals surface area contributed by atoms with Crippen LogP contribution in [-0.2, 0) is 19.9 Å². The van der Waals surface area contributed by atoms with Crippen LogP contribution in [0.1, 0.15) is 12.8 Å². The molecule has 0 spiro atoms. The van der Waals surface area contributed by atoms with E-state index < -0.39 is 19.9 Å². The Bertz CT molecular complexity index is 713. The minimum atomic E-state index is -3.80. The highest BCUT2D eigenvalue weighted by Crippen LogP contribution is 2.25. The molecule has 0 aliphatic carbocycles. The largest absolute Gasteiger partial charge is 0.397 e. The molecule has 1 saturated heterocycles. The van der Waals surface area contributed by atoms with Gasteiger partial charge in [-0.15, -0.1) is 0 Å². The fourth-order valence-electron chi connectivity index (χ4n) is 2.21. The molecule has 0 radical (unpaired) electrons. The van der Waals surface area contributed by atoms with E-state index in [4.69, 9.17) is 10.9 Å². The molecule has 1 aliphatic rings. The van der Waals surface area contributed by atoms with E-state index in [1.165, 1.54) is 18.2 Å². The van der Waals surface area contributed by atoms with Crippen molar-refractivity contribution in [3.8, 4) is 0 Å². The highest BCUT2D eigenvalue weighted by Gasteiger charge is 2.25. The molecule has 0 bridgehead atoms. The maximum absolute atomic E-state index is 11.6. The smallest absolute Gasteiger partial charge is 0.238 e. The summed E-state index contributed by atoms with van der Waals surface area (Å²) < 4.78 is 45.5. The van der Waals surface area contributed by atoms with Crippen LogP contribution >= 0.6 is 0 Å². The van der Waals surface area contributed by atoms with Crippen LogP contribution < -0.4 is 16.2 Å². The number of rotatable bonds is 3. The average Bonchev–Trinajstić information content (AvgIpc) is 2.29. The summed E-state index contributed by atoms with van der Waals surface area (Å²) in [4.78, 5) is -0.0724. The first-order valence-corrected chi connectivity index (χ1v) is 9.43. The minimum absolute atomic E-state index is 0.0589. The van der Waals surface area contributed by atoms with Gasteiger partial charge in [0.1, 0.15) is 0 Å². The van der Waals surface area contributed by atoms with E-state index in [0.29, 0.717) is 12.1 Å². The van der Waals surface area contributed by atoms with Gasteiger partial charge in [-0.05, 0) is 31.0 Å². The fraction of sp³-hybridized carbons (Fsp3) is 0.455. The second-order valence-corrected chi connectivity index (χ2v) is 8.68. The van der Waals surface area contributed by atoms with Gasteiger partial charge in [0, 0.05) is 6.04 Å². The Labute approximate surface area is 118 Å². The van der Waals surface area contributed by atoms with Crippen LogP contribution in [-0.4, -0.2) is 34.4 Å². The van der Waals surface area contributed by atoms with Crippen LogP contribution in [0.3, 0.4) is 0 Å². The lowest BCUT2D eigenvalue weighted by molar-refractivity contribution is 0.562. The summed E-state index contributed by atoms with van der Waals surface area (Å²) in [5.41, 5.74) is 6.51. The van der Waals surface area contributed by atoms with Gasteiger partial charge in [0.2, 0.25) is 10.0 Å². The van der Waals surface area contributed by atoms with Crippen LogP contribution in [0.4, 0.5) is 11.4 Å². The van der Waals surface area contributed by atoms with Crippen molar-refractivity contribution in [2.75, 3.05) is 22.6 Å². The second-order valence-electron chi connectivity index (χ2n) is 4.89. The number of sulfone groups is 1. The zero-order valence-corrected chi connectivity index (χ0v) is 12.4. The SMILES string of the molecule is Nc1cc(S(N)(=O)=O)ccc1NC1CCCS(=O)(=O)C1. The third kappa shape index (κ3) is 3.62. The second kappa shape index (κ2) is 5.23. The van der Waals surface area contributed by atoms with Gasteiger partial charge in [-0.25, -0.2) is 22.0 Å². The predicted molar refractivity (Wildman–Crippen MR) is 77.5 cm³/mol. The third-order valence-corrected chi connectivity index (χ3v) is 5.91. The van der Waals surface area contributed by atoms with E-state index >= 15 is 0 Å². The Balaban J connectivity index is 2.18. The normalized spacial score (nSPS) is 22.4. The standard InChI is InChI=1S/C11H17N3O4S2/c12-10-6-9(20(13,17)18)3-4-11(10)14-8-2-1-5-19(15,16)7-8/h3-4,6,8,14H,1-2,5,7,12H2,(H2,13,17,18). The van der Waals surface area contributed by atoms with E-state index in [0.717, 1.165) is 6.42 Å². The number of anilines is 2. The van der Waals surface area contributed by atoms with Gasteiger partial charge in [-0.3, -0.25) is 0 Å². The Hall–Kier alpha value is -1.32. The number of benzene rings is 1. The summed E-state index contributed by atoms with van der Waals surface area (Å²) in [6.45, 7) is 0. The molecule has 2 rings (SSSR count). The summed E-state index contributed by atoms with van der Waals surface area (Å²) in [7, 11) is -6.81. The number of nitrogen functional groups attached to an aromatic ring is 1. The zero-order valence-electron chi connectivity index (χ0n) is 10.7. The van der Waals surface area contributed by atoms with Gasteiger partial charge in [0.15, 0.2) is 9.84 Å². The topological polar surface area (TPSA) is 132 Å². The molecule has 1 aliphatic heterocycles. The zero-order chi connectivity index (χ0) is 15.0.